The van der Waals surface area contributed by atoms with Crippen LogP contribution < -0.4 is 4.90 Å². The summed E-state index contributed by atoms with van der Waals surface area (Å²) in [4.78, 5) is 39.1. The van der Waals surface area contributed by atoms with Crippen molar-refractivity contribution < 1.29 is 9.59 Å². The van der Waals surface area contributed by atoms with Gasteiger partial charge in [-0.3, -0.25) is 9.59 Å². The van der Waals surface area contributed by atoms with Crippen LogP contribution in [0.25, 0.3) is 11.0 Å². The lowest BCUT2D eigenvalue weighted by molar-refractivity contribution is -0.131. The Morgan fingerprint density at radius 3 is 2.30 bits per heavy atom. The summed E-state index contributed by atoms with van der Waals surface area (Å²) in [6.45, 7) is 4.70. The molecule has 33 heavy (non-hydrogen) atoms. The van der Waals surface area contributed by atoms with Gasteiger partial charge in [0.05, 0.1) is 16.7 Å². The second kappa shape index (κ2) is 9.30. The van der Waals surface area contributed by atoms with Gasteiger partial charge in [-0.05, 0) is 61.9 Å². The number of piperazine rings is 1. The molecule has 2 aromatic carbocycles. The molecule has 0 atom stereocenters. The number of aryl methyl sites for hydroxylation is 3. The standard InChI is InChI=1S/C27H30N4O2/c1-19-27(29-24-9-5-4-8-23(24)28-19)31-16-14-30(15-17-31)26(33)13-12-25(32)22-11-10-20-6-2-3-7-21(20)18-22/h4-5,8-11,18H,2-3,6-7,12-17H2,1H3. The Kier molecular flexibility index (Phi) is 6.07. The number of benzene rings is 2. The number of anilines is 1. The summed E-state index contributed by atoms with van der Waals surface area (Å²) in [6, 6.07) is 14.0. The Balaban J connectivity index is 1.16. The first kappa shape index (κ1) is 21.6. The predicted molar refractivity (Wildman–Crippen MR) is 130 cm³/mol. The number of carbonyl (C=O) groups is 2. The van der Waals surface area contributed by atoms with E-state index in [9.17, 15) is 9.59 Å². The predicted octanol–water partition coefficient (Wildman–Crippen LogP) is 4.13. The molecule has 1 aliphatic heterocycles. The molecule has 0 saturated carbocycles. The third kappa shape index (κ3) is 4.61. The summed E-state index contributed by atoms with van der Waals surface area (Å²) < 4.78 is 0. The van der Waals surface area contributed by atoms with E-state index in [0.717, 1.165) is 54.0 Å². The van der Waals surface area contributed by atoms with Crippen molar-refractivity contribution in [2.24, 2.45) is 0 Å². The van der Waals surface area contributed by atoms with Crippen molar-refractivity contribution in [1.82, 2.24) is 14.9 Å². The summed E-state index contributed by atoms with van der Waals surface area (Å²) in [5, 5.41) is 0. The molecular weight excluding hydrogens is 412 g/mol. The van der Waals surface area contributed by atoms with Crippen LogP contribution in [0.4, 0.5) is 5.82 Å². The van der Waals surface area contributed by atoms with Crippen LogP contribution >= 0.6 is 0 Å². The van der Waals surface area contributed by atoms with Gasteiger partial charge in [-0.2, -0.15) is 0 Å². The number of para-hydroxylation sites is 2. The van der Waals surface area contributed by atoms with Gasteiger partial charge < -0.3 is 9.80 Å². The van der Waals surface area contributed by atoms with Crippen molar-refractivity contribution in [3.05, 3.63) is 64.8 Å². The molecule has 2 aliphatic rings. The third-order valence-electron chi connectivity index (χ3n) is 6.89. The summed E-state index contributed by atoms with van der Waals surface area (Å²) in [7, 11) is 0. The minimum absolute atomic E-state index is 0.0577. The van der Waals surface area contributed by atoms with Crippen LogP contribution in [-0.4, -0.2) is 52.7 Å². The zero-order chi connectivity index (χ0) is 22.8. The number of hydrogen-bond donors (Lipinski definition) is 0. The quantitative estimate of drug-likeness (QED) is 0.556. The first-order chi connectivity index (χ1) is 16.1. The van der Waals surface area contributed by atoms with Crippen molar-refractivity contribution >= 4 is 28.5 Å². The van der Waals surface area contributed by atoms with Gasteiger partial charge in [-0.15, -0.1) is 0 Å². The highest BCUT2D eigenvalue weighted by atomic mass is 16.2. The number of Topliss-reactive ketones (excluding diaryl/α,β-unsaturated/α-hetero) is 1. The van der Waals surface area contributed by atoms with Crippen molar-refractivity contribution in [1.29, 1.82) is 0 Å². The fourth-order valence-corrected chi connectivity index (χ4v) is 4.98. The Labute approximate surface area is 194 Å². The normalized spacial score (nSPS) is 16.0. The molecule has 6 nitrogen and oxygen atoms in total. The number of nitrogens with zero attached hydrogens (tertiary/aromatic N) is 4. The van der Waals surface area contributed by atoms with Gasteiger partial charge in [0.15, 0.2) is 11.6 Å². The lowest BCUT2D eigenvalue weighted by atomic mass is 9.89. The SMILES string of the molecule is Cc1nc2ccccc2nc1N1CCN(C(=O)CCC(=O)c2ccc3c(c2)CCCC3)CC1. The first-order valence-corrected chi connectivity index (χ1v) is 12.0. The molecule has 5 rings (SSSR count). The molecule has 0 N–H and O–H groups in total. The van der Waals surface area contributed by atoms with E-state index in [2.05, 4.69) is 16.0 Å². The maximum absolute atomic E-state index is 12.8. The fourth-order valence-electron chi connectivity index (χ4n) is 4.98. The van der Waals surface area contributed by atoms with E-state index in [0.29, 0.717) is 13.1 Å². The van der Waals surface area contributed by atoms with Gasteiger partial charge >= 0.3 is 0 Å². The van der Waals surface area contributed by atoms with Gasteiger partial charge in [0.25, 0.3) is 0 Å². The van der Waals surface area contributed by atoms with E-state index in [1.165, 1.54) is 24.0 Å². The van der Waals surface area contributed by atoms with E-state index in [-0.39, 0.29) is 24.5 Å². The number of aromatic nitrogens is 2. The van der Waals surface area contributed by atoms with Gasteiger partial charge in [0, 0.05) is 44.6 Å². The molecular formula is C27H30N4O2. The molecule has 2 heterocycles. The van der Waals surface area contributed by atoms with Crippen molar-refractivity contribution in [3.8, 4) is 0 Å². The van der Waals surface area contributed by atoms with Crippen molar-refractivity contribution in [3.63, 3.8) is 0 Å². The Hall–Kier alpha value is -3.28. The smallest absolute Gasteiger partial charge is 0.223 e. The molecule has 1 aromatic heterocycles. The Bertz CT molecular complexity index is 1200. The molecule has 0 radical (unpaired) electrons. The average molecular weight is 443 g/mol. The number of fused-ring (bicyclic) bond motifs is 2. The molecule has 1 fully saturated rings. The highest BCUT2D eigenvalue weighted by Crippen LogP contribution is 2.24. The molecule has 1 aliphatic carbocycles. The number of rotatable bonds is 5. The van der Waals surface area contributed by atoms with Crippen molar-refractivity contribution in [2.75, 3.05) is 31.1 Å². The highest BCUT2D eigenvalue weighted by molar-refractivity contribution is 5.98. The minimum atomic E-state index is 0.0577. The first-order valence-electron chi connectivity index (χ1n) is 12.0. The molecule has 0 spiro atoms. The molecule has 3 aromatic rings. The maximum Gasteiger partial charge on any atom is 0.223 e. The Morgan fingerprint density at radius 2 is 1.55 bits per heavy atom. The zero-order valence-electron chi connectivity index (χ0n) is 19.2. The van der Waals surface area contributed by atoms with Gasteiger partial charge in [0.2, 0.25) is 5.91 Å². The molecule has 1 amide bonds. The largest absolute Gasteiger partial charge is 0.352 e. The monoisotopic (exact) mass is 442 g/mol. The number of carbonyl (C=O) groups excluding carboxylic acids is 2. The van der Waals surface area contributed by atoms with E-state index < -0.39 is 0 Å². The van der Waals surface area contributed by atoms with Gasteiger partial charge in [0.1, 0.15) is 0 Å². The van der Waals surface area contributed by atoms with Crippen molar-refractivity contribution in [2.45, 2.75) is 45.4 Å². The lowest BCUT2D eigenvalue weighted by Crippen LogP contribution is -2.49. The third-order valence-corrected chi connectivity index (χ3v) is 6.89. The number of ketones is 1. The van der Waals surface area contributed by atoms with Crippen LogP contribution in [0.5, 0.6) is 0 Å². The zero-order valence-corrected chi connectivity index (χ0v) is 19.2. The van der Waals surface area contributed by atoms with Gasteiger partial charge in [-0.25, -0.2) is 9.97 Å². The number of hydrogen-bond acceptors (Lipinski definition) is 5. The van der Waals surface area contributed by atoms with E-state index in [4.69, 9.17) is 4.98 Å². The molecule has 6 heteroatoms. The summed E-state index contributed by atoms with van der Waals surface area (Å²) >= 11 is 0. The van der Waals surface area contributed by atoms with Crippen LogP contribution in [0.15, 0.2) is 42.5 Å². The molecule has 0 bridgehead atoms. The summed E-state index contributed by atoms with van der Waals surface area (Å²) in [6.07, 6.45) is 5.13. The molecule has 0 unspecified atom stereocenters. The number of amides is 1. The topological polar surface area (TPSA) is 66.4 Å². The summed E-state index contributed by atoms with van der Waals surface area (Å²) in [5.41, 5.74) is 6.12. The van der Waals surface area contributed by atoms with Crippen LogP contribution in [0.2, 0.25) is 0 Å². The molecule has 170 valence electrons. The van der Waals surface area contributed by atoms with E-state index in [1.54, 1.807) is 0 Å². The van der Waals surface area contributed by atoms with Crippen LogP contribution in [0, 0.1) is 6.92 Å². The fraction of sp³-hybridized carbons (Fsp3) is 0.407. The minimum Gasteiger partial charge on any atom is -0.352 e. The Morgan fingerprint density at radius 1 is 0.848 bits per heavy atom. The van der Waals surface area contributed by atoms with Crippen LogP contribution in [-0.2, 0) is 17.6 Å². The van der Waals surface area contributed by atoms with E-state index >= 15 is 0 Å². The van der Waals surface area contributed by atoms with Crippen LogP contribution in [0.3, 0.4) is 0 Å². The van der Waals surface area contributed by atoms with E-state index in [1.807, 2.05) is 48.2 Å². The highest BCUT2D eigenvalue weighted by Gasteiger charge is 2.24. The van der Waals surface area contributed by atoms with Crippen LogP contribution in [0.1, 0.15) is 52.9 Å². The second-order valence-electron chi connectivity index (χ2n) is 9.10. The average Bonchev–Trinajstić information content (AvgIpc) is 2.86. The lowest BCUT2D eigenvalue weighted by Gasteiger charge is -2.36. The molecule has 1 saturated heterocycles. The maximum atomic E-state index is 12.8. The van der Waals surface area contributed by atoms with Gasteiger partial charge in [-0.1, -0.05) is 24.3 Å². The summed E-state index contributed by atoms with van der Waals surface area (Å²) in [5.74, 6) is 1.02. The second-order valence-corrected chi connectivity index (χ2v) is 9.10.